The topological polar surface area (TPSA) is 0 Å². The van der Waals surface area contributed by atoms with Crippen molar-refractivity contribution < 1.29 is 0 Å². The lowest BCUT2D eigenvalue weighted by Crippen LogP contribution is -1.93. The molecule has 0 heteroatoms. The molecule has 11 aromatic carbocycles. The monoisotopic (exact) mass is 708 g/mol. The molecule has 0 N–H and O–H groups in total. The standard InChI is InChI=1S/C56H36/c1-3-19-41-37(15-1)17-13-29-46(41)48-35-33-39(42-20-5-7-23-45(42)48)31-32-40-34-36-54(47-24-8-6-21-43(40)47)56-52-27-11-9-25-50(52)55(51-26-10-12-28-53(51)56)49-30-14-18-38-16-2-4-22-44(38)49/h1-36H/b32-31+. The molecule has 0 radical (unpaired) electrons. The van der Waals surface area contributed by atoms with Crippen molar-refractivity contribution in [1.29, 1.82) is 0 Å². The maximum Gasteiger partial charge on any atom is -0.00201 e. The minimum Gasteiger partial charge on any atom is -0.0616 e. The lowest BCUT2D eigenvalue weighted by atomic mass is 9.83. The van der Waals surface area contributed by atoms with Crippen LogP contribution in [0.5, 0.6) is 0 Å². The molecule has 0 aliphatic carbocycles. The maximum atomic E-state index is 2.34. The Bertz CT molecular complexity index is 3290. The zero-order valence-corrected chi connectivity index (χ0v) is 30.8. The summed E-state index contributed by atoms with van der Waals surface area (Å²) in [5.74, 6) is 0. The van der Waals surface area contributed by atoms with Crippen LogP contribution in [-0.2, 0) is 0 Å². The van der Waals surface area contributed by atoms with E-state index in [0.717, 1.165) is 0 Å². The molecule has 11 aromatic rings. The summed E-state index contributed by atoms with van der Waals surface area (Å²) in [4.78, 5) is 0. The van der Waals surface area contributed by atoms with Gasteiger partial charge in [-0.3, -0.25) is 0 Å². The van der Waals surface area contributed by atoms with E-state index in [4.69, 9.17) is 0 Å². The zero-order valence-electron chi connectivity index (χ0n) is 30.8. The van der Waals surface area contributed by atoms with Gasteiger partial charge in [0.2, 0.25) is 0 Å². The summed E-state index contributed by atoms with van der Waals surface area (Å²) in [6.07, 6.45) is 4.59. The Morgan fingerprint density at radius 3 is 1.00 bits per heavy atom. The van der Waals surface area contributed by atoms with Crippen LogP contribution in [0.1, 0.15) is 11.1 Å². The average Bonchev–Trinajstić information content (AvgIpc) is 3.27. The highest BCUT2D eigenvalue weighted by Gasteiger charge is 2.19. The van der Waals surface area contributed by atoms with Crippen LogP contribution >= 0.6 is 0 Å². The molecule has 0 atom stereocenters. The van der Waals surface area contributed by atoms with Gasteiger partial charge in [0.15, 0.2) is 0 Å². The molecular formula is C56H36. The van der Waals surface area contributed by atoms with Crippen LogP contribution in [-0.4, -0.2) is 0 Å². The van der Waals surface area contributed by atoms with Crippen LogP contribution in [0.15, 0.2) is 206 Å². The Labute approximate surface area is 326 Å². The molecule has 0 bridgehead atoms. The summed E-state index contributed by atoms with van der Waals surface area (Å²) >= 11 is 0. The van der Waals surface area contributed by atoms with Crippen LogP contribution in [0, 0.1) is 0 Å². The van der Waals surface area contributed by atoms with Crippen LogP contribution in [0.4, 0.5) is 0 Å². The first-order valence-electron chi connectivity index (χ1n) is 19.4. The van der Waals surface area contributed by atoms with E-state index >= 15 is 0 Å². The van der Waals surface area contributed by atoms with Crippen molar-refractivity contribution in [2.24, 2.45) is 0 Å². The Morgan fingerprint density at radius 1 is 0.196 bits per heavy atom. The summed E-state index contributed by atoms with van der Waals surface area (Å²) in [7, 11) is 0. The third-order valence-electron chi connectivity index (χ3n) is 11.7. The molecule has 0 unspecified atom stereocenters. The highest BCUT2D eigenvalue weighted by molar-refractivity contribution is 6.25. The summed E-state index contributed by atoms with van der Waals surface area (Å²) in [5, 5.41) is 15.1. The smallest absolute Gasteiger partial charge is 0.00201 e. The third kappa shape index (κ3) is 5.15. The molecule has 0 amide bonds. The van der Waals surface area contributed by atoms with E-state index in [1.165, 1.54) is 109 Å². The van der Waals surface area contributed by atoms with Gasteiger partial charge in [-0.15, -0.1) is 0 Å². The molecule has 56 heavy (non-hydrogen) atoms. The predicted molar refractivity (Wildman–Crippen MR) is 243 cm³/mol. The van der Waals surface area contributed by atoms with Gasteiger partial charge in [-0.25, -0.2) is 0 Å². The first kappa shape index (κ1) is 32.2. The van der Waals surface area contributed by atoms with Crippen LogP contribution < -0.4 is 0 Å². The Morgan fingerprint density at radius 2 is 0.500 bits per heavy atom. The van der Waals surface area contributed by atoms with Crippen molar-refractivity contribution in [3.05, 3.63) is 217 Å². The van der Waals surface area contributed by atoms with E-state index in [9.17, 15) is 0 Å². The first-order valence-corrected chi connectivity index (χ1v) is 19.4. The van der Waals surface area contributed by atoms with Crippen molar-refractivity contribution in [3.63, 3.8) is 0 Å². The summed E-state index contributed by atoms with van der Waals surface area (Å²) in [6.45, 7) is 0. The number of benzene rings is 11. The fourth-order valence-electron chi connectivity index (χ4n) is 9.18. The molecule has 0 aliphatic heterocycles. The lowest BCUT2D eigenvalue weighted by molar-refractivity contribution is 1.66. The second kappa shape index (κ2) is 13.2. The Kier molecular flexibility index (Phi) is 7.60. The molecule has 0 nitrogen and oxygen atoms in total. The average molecular weight is 709 g/mol. The van der Waals surface area contributed by atoms with Crippen LogP contribution in [0.25, 0.3) is 110 Å². The fourth-order valence-corrected chi connectivity index (χ4v) is 9.18. The van der Waals surface area contributed by atoms with Crippen molar-refractivity contribution in [2.75, 3.05) is 0 Å². The quantitative estimate of drug-likeness (QED) is 0.123. The maximum absolute atomic E-state index is 2.34. The molecular weight excluding hydrogens is 673 g/mol. The van der Waals surface area contributed by atoms with Gasteiger partial charge in [-0.05, 0) is 109 Å². The fraction of sp³-hybridized carbons (Fsp3) is 0. The second-order valence-corrected chi connectivity index (χ2v) is 14.7. The summed E-state index contributed by atoms with van der Waals surface area (Å²) in [6, 6.07) is 75.6. The lowest BCUT2D eigenvalue weighted by Gasteiger charge is -2.20. The number of hydrogen-bond acceptors (Lipinski definition) is 0. The van der Waals surface area contributed by atoms with E-state index in [1.807, 2.05) is 0 Å². The van der Waals surface area contributed by atoms with Gasteiger partial charge in [-0.2, -0.15) is 0 Å². The molecule has 260 valence electrons. The summed E-state index contributed by atoms with van der Waals surface area (Å²) in [5.41, 5.74) is 10.0. The molecule has 0 aromatic heterocycles. The zero-order chi connectivity index (χ0) is 37.0. The highest BCUT2D eigenvalue weighted by Crippen LogP contribution is 2.47. The van der Waals surface area contributed by atoms with Gasteiger partial charge < -0.3 is 0 Å². The van der Waals surface area contributed by atoms with Crippen LogP contribution in [0.3, 0.4) is 0 Å². The van der Waals surface area contributed by atoms with E-state index in [0.29, 0.717) is 0 Å². The van der Waals surface area contributed by atoms with Crippen molar-refractivity contribution in [1.82, 2.24) is 0 Å². The molecule has 11 rings (SSSR count). The van der Waals surface area contributed by atoms with E-state index < -0.39 is 0 Å². The normalized spacial score (nSPS) is 11.9. The summed E-state index contributed by atoms with van der Waals surface area (Å²) < 4.78 is 0. The molecule has 0 fully saturated rings. The molecule has 0 heterocycles. The minimum absolute atomic E-state index is 1.20. The predicted octanol–water partition coefficient (Wildman–Crippen LogP) is 15.8. The molecule has 0 saturated heterocycles. The first-order chi connectivity index (χ1) is 27.8. The SMILES string of the molecule is C(=C\c1ccc(-c2c3ccccc3c(-c3cccc4ccccc34)c3ccccc23)c2ccccc12)/c1ccc(-c2cccc3ccccc23)c2ccccc12. The van der Waals surface area contributed by atoms with Crippen molar-refractivity contribution >= 4 is 76.8 Å². The number of hydrogen-bond donors (Lipinski definition) is 0. The van der Waals surface area contributed by atoms with Gasteiger partial charge >= 0.3 is 0 Å². The van der Waals surface area contributed by atoms with Crippen molar-refractivity contribution in [3.8, 4) is 33.4 Å². The van der Waals surface area contributed by atoms with Gasteiger partial charge in [0, 0.05) is 0 Å². The number of rotatable bonds is 5. The third-order valence-corrected chi connectivity index (χ3v) is 11.7. The molecule has 0 saturated carbocycles. The van der Waals surface area contributed by atoms with Crippen molar-refractivity contribution in [2.45, 2.75) is 0 Å². The van der Waals surface area contributed by atoms with E-state index in [-0.39, 0.29) is 0 Å². The number of fused-ring (bicyclic) bond motifs is 6. The second-order valence-electron chi connectivity index (χ2n) is 14.7. The highest BCUT2D eigenvalue weighted by atomic mass is 14.2. The van der Waals surface area contributed by atoms with E-state index in [2.05, 4.69) is 218 Å². The Hall–Kier alpha value is -7.28. The molecule has 0 aliphatic rings. The Balaban J connectivity index is 1.08. The van der Waals surface area contributed by atoms with Crippen LogP contribution in [0.2, 0.25) is 0 Å². The van der Waals surface area contributed by atoms with Gasteiger partial charge in [-0.1, -0.05) is 218 Å². The molecule has 0 spiro atoms. The van der Waals surface area contributed by atoms with Gasteiger partial charge in [0.05, 0.1) is 0 Å². The van der Waals surface area contributed by atoms with E-state index in [1.54, 1.807) is 0 Å². The van der Waals surface area contributed by atoms with Gasteiger partial charge in [0.25, 0.3) is 0 Å². The minimum atomic E-state index is 1.20. The van der Waals surface area contributed by atoms with Gasteiger partial charge in [0.1, 0.15) is 0 Å². The largest absolute Gasteiger partial charge is 0.0616 e.